The molecular formula is C13H21NO4S. The van der Waals surface area contributed by atoms with Crippen molar-refractivity contribution in [2.75, 3.05) is 0 Å². The molecular weight excluding hydrogens is 266 g/mol. The van der Waals surface area contributed by atoms with Crippen molar-refractivity contribution in [2.45, 2.75) is 57.1 Å². The van der Waals surface area contributed by atoms with E-state index in [4.69, 9.17) is 4.74 Å². The van der Waals surface area contributed by atoms with Gasteiger partial charge >= 0.3 is 5.97 Å². The quantitative estimate of drug-likeness (QED) is 0.616. The van der Waals surface area contributed by atoms with Gasteiger partial charge in [0.1, 0.15) is 17.7 Å². The Bertz CT molecular complexity index is 389. The Morgan fingerprint density at radius 1 is 1.26 bits per heavy atom. The predicted molar refractivity (Wildman–Crippen MR) is 74.4 cm³/mol. The molecule has 0 radical (unpaired) electrons. The van der Waals surface area contributed by atoms with Gasteiger partial charge in [-0.3, -0.25) is 14.5 Å². The smallest absolute Gasteiger partial charge is 0.303 e. The van der Waals surface area contributed by atoms with E-state index in [0.29, 0.717) is 0 Å². The molecule has 0 aromatic rings. The second-order valence-corrected chi connectivity index (χ2v) is 7.36. The van der Waals surface area contributed by atoms with Crippen molar-refractivity contribution < 1.29 is 19.4 Å². The Balaban J connectivity index is 3.04. The number of aliphatic hydroxyl groups is 1. The van der Waals surface area contributed by atoms with Crippen LogP contribution >= 0.6 is 11.8 Å². The fraction of sp³-hybridized carbons (Fsp3) is 0.692. The SMILES string of the molecule is CC(=O)O[C@@H]1C=C[C@@H](O)N(C(C)=O)[C@H]1SC(C)(C)C. The highest BCUT2D eigenvalue weighted by molar-refractivity contribution is 8.01. The van der Waals surface area contributed by atoms with Gasteiger partial charge in [-0.2, -0.15) is 0 Å². The van der Waals surface area contributed by atoms with Gasteiger partial charge in [0.15, 0.2) is 0 Å². The van der Waals surface area contributed by atoms with Crippen LogP contribution in [0.2, 0.25) is 0 Å². The molecule has 108 valence electrons. The second kappa shape index (κ2) is 5.96. The molecule has 1 heterocycles. The van der Waals surface area contributed by atoms with Crippen molar-refractivity contribution >= 4 is 23.6 Å². The minimum atomic E-state index is -0.982. The van der Waals surface area contributed by atoms with E-state index in [1.54, 1.807) is 6.08 Å². The first-order valence-corrected chi connectivity index (χ1v) is 7.00. The van der Waals surface area contributed by atoms with Gasteiger partial charge in [0.05, 0.1) is 0 Å². The summed E-state index contributed by atoms with van der Waals surface area (Å²) in [7, 11) is 0. The molecule has 3 atom stereocenters. The van der Waals surface area contributed by atoms with Crippen LogP contribution in [0.1, 0.15) is 34.6 Å². The molecule has 1 N–H and O–H groups in total. The van der Waals surface area contributed by atoms with Gasteiger partial charge in [0.2, 0.25) is 5.91 Å². The summed E-state index contributed by atoms with van der Waals surface area (Å²) >= 11 is 1.48. The standard InChI is InChI=1S/C13H21NO4S/c1-8(15)14-11(17)7-6-10(18-9(2)16)12(14)19-13(3,4)5/h6-7,10-12,17H,1-5H3/t10-,11-,12+/m1/s1. The van der Waals surface area contributed by atoms with E-state index in [0.717, 1.165) is 0 Å². The van der Waals surface area contributed by atoms with Crippen LogP contribution in [0.4, 0.5) is 0 Å². The van der Waals surface area contributed by atoms with Crippen molar-refractivity contribution in [1.82, 2.24) is 4.90 Å². The number of thioether (sulfide) groups is 1. The first-order chi connectivity index (χ1) is 8.61. The summed E-state index contributed by atoms with van der Waals surface area (Å²) in [5.41, 5.74) is 0. The summed E-state index contributed by atoms with van der Waals surface area (Å²) in [5.74, 6) is -0.662. The van der Waals surface area contributed by atoms with Crippen molar-refractivity contribution in [3.05, 3.63) is 12.2 Å². The van der Waals surface area contributed by atoms with Crippen molar-refractivity contribution in [3.63, 3.8) is 0 Å². The second-order valence-electron chi connectivity index (χ2n) is 5.42. The van der Waals surface area contributed by atoms with E-state index < -0.39 is 23.7 Å². The fourth-order valence-corrected chi connectivity index (χ4v) is 3.24. The number of nitrogens with zero attached hydrogens (tertiary/aromatic N) is 1. The molecule has 1 amide bonds. The molecule has 0 aromatic carbocycles. The number of rotatable bonds is 2. The zero-order valence-corrected chi connectivity index (χ0v) is 12.7. The van der Waals surface area contributed by atoms with E-state index in [9.17, 15) is 14.7 Å². The highest BCUT2D eigenvalue weighted by atomic mass is 32.2. The molecule has 0 unspecified atom stereocenters. The summed E-state index contributed by atoms with van der Waals surface area (Å²) in [6.07, 6.45) is 1.57. The molecule has 5 nitrogen and oxygen atoms in total. The maximum atomic E-state index is 11.7. The molecule has 0 saturated carbocycles. The molecule has 1 aliphatic heterocycles. The zero-order valence-electron chi connectivity index (χ0n) is 11.9. The highest BCUT2D eigenvalue weighted by Crippen LogP contribution is 2.36. The Morgan fingerprint density at radius 2 is 1.84 bits per heavy atom. The average Bonchev–Trinajstić information content (AvgIpc) is 2.18. The van der Waals surface area contributed by atoms with Crippen LogP contribution in [0.5, 0.6) is 0 Å². The molecule has 0 aromatic heterocycles. The lowest BCUT2D eigenvalue weighted by molar-refractivity contribution is -0.153. The molecule has 1 rings (SSSR count). The van der Waals surface area contributed by atoms with Crippen LogP contribution in [-0.4, -0.2) is 44.3 Å². The van der Waals surface area contributed by atoms with E-state index in [2.05, 4.69) is 0 Å². The number of carbonyl (C=O) groups is 2. The van der Waals surface area contributed by atoms with Gasteiger partial charge in [-0.05, 0) is 12.2 Å². The summed E-state index contributed by atoms with van der Waals surface area (Å²) in [6.45, 7) is 8.74. The van der Waals surface area contributed by atoms with Gasteiger partial charge < -0.3 is 9.84 Å². The number of carbonyl (C=O) groups excluding carboxylic acids is 2. The monoisotopic (exact) mass is 287 g/mol. The molecule has 0 spiro atoms. The molecule has 19 heavy (non-hydrogen) atoms. The van der Waals surface area contributed by atoms with Crippen LogP contribution in [0.3, 0.4) is 0 Å². The van der Waals surface area contributed by atoms with E-state index in [1.807, 2.05) is 20.8 Å². The Labute approximate surface area is 118 Å². The number of hydrogen-bond donors (Lipinski definition) is 1. The van der Waals surface area contributed by atoms with Crippen LogP contribution in [0, 0.1) is 0 Å². The summed E-state index contributed by atoms with van der Waals surface area (Å²) in [5, 5.41) is 9.49. The largest absolute Gasteiger partial charge is 0.455 e. The average molecular weight is 287 g/mol. The van der Waals surface area contributed by atoms with Gasteiger partial charge in [0.25, 0.3) is 0 Å². The predicted octanol–water partition coefficient (Wildman–Crippen LogP) is 1.51. The lowest BCUT2D eigenvalue weighted by Crippen LogP contribution is -2.53. The first-order valence-electron chi connectivity index (χ1n) is 6.12. The fourth-order valence-electron chi connectivity index (χ4n) is 1.85. The van der Waals surface area contributed by atoms with Gasteiger partial charge in [-0.1, -0.05) is 20.8 Å². The van der Waals surface area contributed by atoms with Crippen LogP contribution < -0.4 is 0 Å². The highest BCUT2D eigenvalue weighted by Gasteiger charge is 2.39. The molecule has 0 saturated heterocycles. The number of amides is 1. The van der Waals surface area contributed by atoms with Crippen molar-refractivity contribution in [3.8, 4) is 0 Å². The van der Waals surface area contributed by atoms with Crippen molar-refractivity contribution in [1.29, 1.82) is 0 Å². The molecule has 0 fully saturated rings. The Kier molecular flexibility index (Phi) is 5.04. The molecule has 1 aliphatic rings. The Hall–Kier alpha value is -1.01. The number of hydrogen-bond acceptors (Lipinski definition) is 5. The number of aliphatic hydroxyl groups excluding tert-OH is 1. The maximum Gasteiger partial charge on any atom is 0.303 e. The first kappa shape index (κ1) is 16.0. The number of esters is 1. The van der Waals surface area contributed by atoms with Gasteiger partial charge in [-0.25, -0.2) is 0 Å². The topological polar surface area (TPSA) is 66.8 Å². The maximum absolute atomic E-state index is 11.7. The third-order valence-electron chi connectivity index (χ3n) is 2.45. The van der Waals surface area contributed by atoms with Crippen LogP contribution in [0.15, 0.2) is 12.2 Å². The third kappa shape index (κ3) is 4.54. The minimum Gasteiger partial charge on any atom is -0.455 e. The van der Waals surface area contributed by atoms with E-state index in [-0.39, 0.29) is 10.7 Å². The molecule has 6 heteroatoms. The van der Waals surface area contributed by atoms with E-state index in [1.165, 1.54) is 36.6 Å². The summed E-state index contributed by atoms with van der Waals surface area (Å²) in [6, 6.07) is 0. The molecule has 0 aliphatic carbocycles. The molecule has 0 bridgehead atoms. The van der Waals surface area contributed by atoms with Gasteiger partial charge in [0, 0.05) is 18.6 Å². The third-order valence-corrected chi connectivity index (χ3v) is 3.90. The van der Waals surface area contributed by atoms with Crippen LogP contribution in [0.25, 0.3) is 0 Å². The Morgan fingerprint density at radius 3 is 2.26 bits per heavy atom. The minimum absolute atomic E-state index is 0.137. The van der Waals surface area contributed by atoms with Crippen LogP contribution in [-0.2, 0) is 14.3 Å². The normalized spacial score (nSPS) is 27.3. The zero-order chi connectivity index (χ0) is 14.8. The summed E-state index contributed by atoms with van der Waals surface area (Å²) < 4.78 is 5.09. The summed E-state index contributed by atoms with van der Waals surface area (Å²) in [4.78, 5) is 24.2. The van der Waals surface area contributed by atoms with E-state index >= 15 is 0 Å². The lowest BCUT2D eigenvalue weighted by Gasteiger charge is -2.41. The number of ether oxygens (including phenoxy) is 1. The van der Waals surface area contributed by atoms with Gasteiger partial charge in [-0.15, -0.1) is 11.8 Å². The lowest BCUT2D eigenvalue weighted by atomic mass is 10.2. The van der Waals surface area contributed by atoms with Crippen molar-refractivity contribution in [2.24, 2.45) is 0 Å².